The Hall–Kier alpha value is -3.54. The maximum absolute atomic E-state index is 13.0. The number of methoxy groups -OCH3 is 1. The molecule has 3 aromatic rings. The summed E-state index contributed by atoms with van der Waals surface area (Å²) >= 11 is 0. The van der Waals surface area contributed by atoms with Crippen molar-refractivity contribution in [2.24, 2.45) is 0 Å². The molecular weight excluding hydrogens is 366 g/mol. The van der Waals surface area contributed by atoms with Gasteiger partial charge in [0.05, 0.1) is 7.11 Å². The number of benzene rings is 2. The molecule has 4 rings (SSSR count). The summed E-state index contributed by atoms with van der Waals surface area (Å²) in [5.74, 6) is 1.97. The van der Waals surface area contributed by atoms with E-state index in [1.165, 1.54) is 0 Å². The van der Waals surface area contributed by atoms with Crippen LogP contribution in [0.25, 0.3) is 0 Å². The van der Waals surface area contributed by atoms with Crippen LogP contribution in [0.1, 0.15) is 10.4 Å². The SMILES string of the molecule is COc1ccc(N2CCN(C(=O)c3cccc(Oc4ccccn4)c3)CC2)cc1. The summed E-state index contributed by atoms with van der Waals surface area (Å²) in [6, 6.07) is 20.7. The normalized spacial score (nSPS) is 13.8. The molecule has 0 radical (unpaired) electrons. The predicted octanol–water partition coefficient (Wildman–Crippen LogP) is 3.84. The lowest BCUT2D eigenvalue weighted by atomic mass is 10.1. The number of ether oxygens (including phenoxy) is 2. The van der Waals surface area contributed by atoms with Crippen LogP contribution in [0.2, 0.25) is 0 Å². The largest absolute Gasteiger partial charge is 0.497 e. The molecule has 1 saturated heterocycles. The van der Waals surface area contributed by atoms with Crippen molar-refractivity contribution in [3.63, 3.8) is 0 Å². The number of hydrogen-bond donors (Lipinski definition) is 0. The fourth-order valence-electron chi connectivity index (χ4n) is 3.36. The monoisotopic (exact) mass is 389 g/mol. The second-order valence-corrected chi connectivity index (χ2v) is 6.78. The van der Waals surface area contributed by atoms with Crippen molar-refractivity contribution in [3.8, 4) is 17.4 Å². The summed E-state index contributed by atoms with van der Waals surface area (Å²) in [7, 11) is 1.66. The smallest absolute Gasteiger partial charge is 0.254 e. The number of aromatic nitrogens is 1. The third-order valence-electron chi connectivity index (χ3n) is 4.95. The van der Waals surface area contributed by atoms with Crippen LogP contribution < -0.4 is 14.4 Å². The number of rotatable bonds is 5. The van der Waals surface area contributed by atoms with Crippen molar-refractivity contribution < 1.29 is 14.3 Å². The molecule has 0 saturated carbocycles. The zero-order valence-corrected chi connectivity index (χ0v) is 16.3. The third kappa shape index (κ3) is 4.48. The van der Waals surface area contributed by atoms with Gasteiger partial charge in [-0.2, -0.15) is 0 Å². The van der Waals surface area contributed by atoms with Crippen LogP contribution in [-0.2, 0) is 0 Å². The summed E-state index contributed by atoms with van der Waals surface area (Å²) in [5.41, 5.74) is 1.76. The number of nitrogens with zero attached hydrogens (tertiary/aromatic N) is 3. The summed E-state index contributed by atoms with van der Waals surface area (Å²) in [4.78, 5) is 21.3. The summed E-state index contributed by atoms with van der Waals surface area (Å²) in [6.45, 7) is 2.94. The topological polar surface area (TPSA) is 54.9 Å². The Balaban J connectivity index is 1.38. The van der Waals surface area contributed by atoms with Gasteiger partial charge in [-0.3, -0.25) is 4.79 Å². The molecule has 0 atom stereocenters. The summed E-state index contributed by atoms with van der Waals surface area (Å²) < 4.78 is 11.0. The molecule has 29 heavy (non-hydrogen) atoms. The Kier molecular flexibility index (Phi) is 5.61. The van der Waals surface area contributed by atoms with E-state index in [1.807, 2.05) is 47.4 Å². The molecule has 148 valence electrons. The van der Waals surface area contributed by atoms with Gasteiger partial charge in [-0.25, -0.2) is 4.98 Å². The number of hydrogen-bond acceptors (Lipinski definition) is 5. The van der Waals surface area contributed by atoms with Crippen LogP contribution in [-0.4, -0.2) is 49.1 Å². The highest BCUT2D eigenvalue weighted by Crippen LogP contribution is 2.23. The van der Waals surface area contributed by atoms with Gasteiger partial charge in [0.2, 0.25) is 5.88 Å². The Bertz CT molecular complexity index is 953. The second kappa shape index (κ2) is 8.65. The molecule has 1 amide bonds. The number of amides is 1. The van der Waals surface area contributed by atoms with Crippen LogP contribution in [0.3, 0.4) is 0 Å². The molecule has 1 fully saturated rings. The Morgan fingerprint density at radius 3 is 2.38 bits per heavy atom. The van der Waals surface area contributed by atoms with Gasteiger partial charge in [-0.15, -0.1) is 0 Å². The minimum atomic E-state index is 0.0193. The zero-order chi connectivity index (χ0) is 20.1. The lowest BCUT2D eigenvalue weighted by molar-refractivity contribution is 0.0746. The summed E-state index contributed by atoms with van der Waals surface area (Å²) in [6.07, 6.45) is 1.67. The van der Waals surface area contributed by atoms with Crippen LogP contribution in [0.5, 0.6) is 17.4 Å². The molecule has 2 aromatic carbocycles. The van der Waals surface area contributed by atoms with E-state index in [-0.39, 0.29) is 5.91 Å². The van der Waals surface area contributed by atoms with E-state index in [2.05, 4.69) is 22.0 Å². The van der Waals surface area contributed by atoms with Gasteiger partial charge >= 0.3 is 0 Å². The number of anilines is 1. The van der Waals surface area contributed by atoms with Crippen molar-refractivity contribution >= 4 is 11.6 Å². The average molecular weight is 389 g/mol. The minimum Gasteiger partial charge on any atom is -0.497 e. The second-order valence-electron chi connectivity index (χ2n) is 6.78. The summed E-state index contributed by atoms with van der Waals surface area (Å²) in [5, 5.41) is 0. The molecule has 6 heteroatoms. The van der Waals surface area contributed by atoms with Crippen molar-refractivity contribution in [2.45, 2.75) is 0 Å². The fraction of sp³-hybridized carbons (Fsp3) is 0.217. The highest BCUT2D eigenvalue weighted by atomic mass is 16.5. The molecule has 0 unspecified atom stereocenters. The Morgan fingerprint density at radius 2 is 1.69 bits per heavy atom. The lowest BCUT2D eigenvalue weighted by Crippen LogP contribution is -2.48. The van der Waals surface area contributed by atoms with Gasteiger partial charge < -0.3 is 19.3 Å². The number of carbonyl (C=O) groups excluding carboxylic acids is 1. The molecule has 1 aliphatic rings. The molecule has 1 aliphatic heterocycles. The average Bonchev–Trinajstić information content (AvgIpc) is 2.80. The highest BCUT2D eigenvalue weighted by Gasteiger charge is 2.22. The highest BCUT2D eigenvalue weighted by molar-refractivity contribution is 5.94. The van der Waals surface area contributed by atoms with Crippen LogP contribution in [0.15, 0.2) is 72.9 Å². The van der Waals surface area contributed by atoms with E-state index < -0.39 is 0 Å². The van der Waals surface area contributed by atoms with Gasteiger partial charge in [0.15, 0.2) is 0 Å². The minimum absolute atomic E-state index is 0.0193. The number of piperazine rings is 1. The number of carbonyl (C=O) groups is 1. The molecule has 2 heterocycles. The molecule has 0 N–H and O–H groups in total. The van der Waals surface area contributed by atoms with Gasteiger partial charge in [0, 0.05) is 49.7 Å². The molecular formula is C23H23N3O3. The maximum atomic E-state index is 13.0. The lowest BCUT2D eigenvalue weighted by Gasteiger charge is -2.36. The Morgan fingerprint density at radius 1 is 0.897 bits per heavy atom. The van der Waals surface area contributed by atoms with Crippen molar-refractivity contribution in [3.05, 3.63) is 78.5 Å². The third-order valence-corrected chi connectivity index (χ3v) is 4.95. The standard InChI is InChI=1S/C23H23N3O3/c1-28-20-10-8-19(9-11-20)25-13-15-26(16-14-25)23(27)18-5-4-6-21(17-18)29-22-7-2-3-12-24-22/h2-12,17H,13-16H2,1H3. The van der Waals surface area contributed by atoms with Gasteiger partial charge in [0.25, 0.3) is 5.91 Å². The molecule has 6 nitrogen and oxygen atoms in total. The van der Waals surface area contributed by atoms with Crippen molar-refractivity contribution in [1.29, 1.82) is 0 Å². The Labute approximate surface area is 170 Å². The van der Waals surface area contributed by atoms with E-state index in [0.29, 0.717) is 30.3 Å². The first-order valence-electron chi connectivity index (χ1n) is 9.60. The first-order chi connectivity index (χ1) is 14.2. The van der Waals surface area contributed by atoms with Gasteiger partial charge in [-0.1, -0.05) is 12.1 Å². The quantitative estimate of drug-likeness (QED) is 0.664. The molecule has 0 aliphatic carbocycles. The van der Waals surface area contributed by atoms with Gasteiger partial charge in [0.1, 0.15) is 11.5 Å². The van der Waals surface area contributed by atoms with Crippen molar-refractivity contribution in [2.75, 3.05) is 38.2 Å². The van der Waals surface area contributed by atoms with E-state index in [9.17, 15) is 4.79 Å². The van der Waals surface area contributed by atoms with E-state index in [1.54, 1.807) is 25.4 Å². The first-order valence-corrected chi connectivity index (χ1v) is 9.60. The van der Waals surface area contributed by atoms with Crippen LogP contribution in [0, 0.1) is 0 Å². The number of pyridine rings is 1. The first kappa shape index (κ1) is 18.8. The van der Waals surface area contributed by atoms with Gasteiger partial charge in [-0.05, 0) is 48.5 Å². The predicted molar refractivity (Wildman–Crippen MR) is 112 cm³/mol. The fourth-order valence-corrected chi connectivity index (χ4v) is 3.36. The molecule has 0 bridgehead atoms. The zero-order valence-electron chi connectivity index (χ0n) is 16.3. The van der Waals surface area contributed by atoms with Crippen molar-refractivity contribution in [1.82, 2.24) is 9.88 Å². The maximum Gasteiger partial charge on any atom is 0.254 e. The van der Waals surface area contributed by atoms with E-state index in [0.717, 1.165) is 24.5 Å². The molecule has 0 spiro atoms. The molecule has 1 aromatic heterocycles. The van der Waals surface area contributed by atoms with Crippen LogP contribution >= 0.6 is 0 Å². The van der Waals surface area contributed by atoms with Crippen LogP contribution in [0.4, 0.5) is 5.69 Å². The van der Waals surface area contributed by atoms with E-state index in [4.69, 9.17) is 9.47 Å². The van der Waals surface area contributed by atoms with E-state index >= 15 is 0 Å².